The van der Waals surface area contributed by atoms with E-state index >= 15 is 0 Å². The molecule has 0 saturated heterocycles. The quantitative estimate of drug-likeness (QED) is 0.636. The van der Waals surface area contributed by atoms with Gasteiger partial charge in [0.05, 0.1) is 4.92 Å². The van der Waals surface area contributed by atoms with Crippen LogP contribution in [-0.4, -0.2) is 33.4 Å². The van der Waals surface area contributed by atoms with Crippen molar-refractivity contribution >= 4 is 23.3 Å². The SMILES string of the molecule is CC(=O)N(CC(=O)O)c1ccc(Oc2ccc([N+](=O)[O-])cn2)cc1. The average Bonchev–Trinajstić information content (AvgIpc) is 2.53. The van der Waals surface area contributed by atoms with Gasteiger partial charge in [0.2, 0.25) is 11.8 Å². The zero-order valence-corrected chi connectivity index (χ0v) is 12.6. The van der Waals surface area contributed by atoms with E-state index in [0.29, 0.717) is 11.4 Å². The van der Waals surface area contributed by atoms with E-state index in [0.717, 1.165) is 11.1 Å². The van der Waals surface area contributed by atoms with E-state index in [2.05, 4.69) is 4.98 Å². The Kier molecular flexibility index (Phi) is 5.05. The fourth-order valence-corrected chi connectivity index (χ4v) is 1.88. The number of carbonyl (C=O) groups excluding carboxylic acids is 1. The summed E-state index contributed by atoms with van der Waals surface area (Å²) in [7, 11) is 0. The van der Waals surface area contributed by atoms with Crippen molar-refractivity contribution in [3.63, 3.8) is 0 Å². The minimum Gasteiger partial charge on any atom is -0.480 e. The monoisotopic (exact) mass is 331 g/mol. The molecule has 0 bridgehead atoms. The molecule has 2 aromatic rings. The number of amides is 1. The maximum Gasteiger partial charge on any atom is 0.323 e. The van der Waals surface area contributed by atoms with Gasteiger partial charge >= 0.3 is 5.97 Å². The van der Waals surface area contributed by atoms with Crippen molar-refractivity contribution in [3.05, 3.63) is 52.7 Å². The zero-order chi connectivity index (χ0) is 17.7. The number of anilines is 1. The van der Waals surface area contributed by atoms with Gasteiger partial charge in [-0.1, -0.05) is 0 Å². The molecule has 0 atom stereocenters. The number of hydrogen-bond acceptors (Lipinski definition) is 6. The summed E-state index contributed by atoms with van der Waals surface area (Å²) >= 11 is 0. The summed E-state index contributed by atoms with van der Waals surface area (Å²) in [4.78, 5) is 37.2. The summed E-state index contributed by atoms with van der Waals surface area (Å²) in [5.74, 6) is -0.968. The van der Waals surface area contributed by atoms with Crippen molar-refractivity contribution in [1.82, 2.24) is 4.98 Å². The van der Waals surface area contributed by atoms with Crippen molar-refractivity contribution in [2.45, 2.75) is 6.92 Å². The number of carboxylic acids is 1. The van der Waals surface area contributed by atoms with Crippen molar-refractivity contribution in [3.8, 4) is 11.6 Å². The van der Waals surface area contributed by atoms with Gasteiger partial charge in [0.15, 0.2) is 0 Å². The van der Waals surface area contributed by atoms with Crippen LogP contribution in [0.25, 0.3) is 0 Å². The first kappa shape index (κ1) is 16.9. The van der Waals surface area contributed by atoms with Gasteiger partial charge in [-0.25, -0.2) is 4.98 Å². The Morgan fingerprint density at radius 1 is 1.25 bits per heavy atom. The minimum atomic E-state index is -1.12. The van der Waals surface area contributed by atoms with Crippen molar-refractivity contribution in [2.24, 2.45) is 0 Å². The molecule has 1 heterocycles. The predicted molar refractivity (Wildman–Crippen MR) is 83.1 cm³/mol. The Balaban J connectivity index is 2.12. The highest BCUT2D eigenvalue weighted by molar-refractivity contribution is 5.95. The number of aliphatic carboxylic acids is 1. The lowest BCUT2D eigenvalue weighted by atomic mass is 10.2. The molecule has 0 radical (unpaired) electrons. The molecule has 1 aromatic heterocycles. The number of rotatable bonds is 6. The van der Waals surface area contributed by atoms with E-state index < -0.39 is 23.3 Å². The normalized spacial score (nSPS) is 10.0. The molecule has 2 rings (SSSR count). The van der Waals surface area contributed by atoms with E-state index in [1.165, 1.54) is 43.3 Å². The number of nitro groups is 1. The number of ether oxygens (including phenoxy) is 1. The molecule has 0 aliphatic rings. The fraction of sp³-hybridized carbons (Fsp3) is 0.133. The van der Waals surface area contributed by atoms with Crippen LogP contribution in [0.2, 0.25) is 0 Å². The van der Waals surface area contributed by atoms with Gasteiger partial charge in [0.25, 0.3) is 5.69 Å². The van der Waals surface area contributed by atoms with E-state index in [1.807, 2.05) is 0 Å². The van der Waals surface area contributed by atoms with Crippen LogP contribution >= 0.6 is 0 Å². The Morgan fingerprint density at radius 3 is 2.38 bits per heavy atom. The van der Waals surface area contributed by atoms with Crippen LogP contribution in [0.15, 0.2) is 42.6 Å². The molecular formula is C15H13N3O6. The third-order valence-corrected chi connectivity index (χ3v) is 2.98. The number of pyridine rings is 1. The number of carbonyl (C=O) groups is 2. The second-order valence-electron chi connectivity index (χ2n) is 4.71. The lowest BCUT2D eigenvalue weighted by Gasteiger charge is -2.19. The molecule has 0 aliphatic heterocycles. The molecule has 0 saturated carbocycles. The molecule has 124 valence electrons. The molecule has 9 nitrogen and oxygen atoms in total. The largest absolute Gasteiger partial charge is 0.480 e. The number of carboxylic acid groups (broad SMARTS) is 1. The topological polar surface area (TPSA) is 123 Å². The summed E-state index contributed by atoms with van der Waals surface area (Å²) in [5, 5.41) is 19.4. The first-order valence-corrected chi connectivity index (χ1v) is 6.75. The molecule has 0 unspecified atom stereocenters. The van der Waals surface area contributed by atoms with E-state index in [9.17, 15) is 19.7 Å². The maximum absolute atomic E-state index is 11.5. The van der Waals surface area contributed by atoms with Crippen LogP contribution in [-0.2, 0) is 9.59 Å². The summed E-state index contributed by atoms with van der Waals surface area (Å²) in [5.41, 5.74) is 0.261. The standard InChI is InChI=1S/C15H13N3O6/c1-10(19)17(9-15(20)21)11-2-5-13(6-3-11)24-14-7-4-12(8-16-14)18(22)23/h2-8H,9H2,1H3,(H,20,21). The van der Waals surface area contributed by atoms with E-state index in [-0.39, 0.29) is 11.6 Å². The Morgan fingerprint density at radius 2 is 1.92 bits per heavy atom. The second-order valence-corrected chi connectivity index (χ2v) is 4.71. The zero-order valence-electron chi connectivity index (χ0n) is 12.6. The first-order chi connectivity index (χ1) is 11.4. The third kappa shape index (κ3) is 4.26. The van der Waals surface area contributed by atoms with Gasteiger partial charge < -0.3 is 14.7 Å². The molecule has 0 aliphatic carbocycles. The molecule has 0 spiro atoms. The number of hydrogen-bond donors (Lipinski definition) is 1. The molecule has 0 fully saturated rings. The molecule has 24 heavy (non-hydrogen) atoms. The van der Waals surface area contributed by atoms with Crippen LogP contribution in [0.3, 0.4) is 0 Å². The Bertz CT molecular complexity index is 758. The maximum atomic E-state index is 11.5. The van der Waals surface area contributed by atoms with Gasteiger partial charge in [-0.3, -0.25) is 19.7 Å². The van der Waals surface area contributed by atoms with E-state index in [1.54, 1.807) is 0 Å². The highest BCUT2D eigenvalue weighted by Crippen LogP contribution is 2.24. The van der Waals surface area contributed by atoms with Gasteiger partial charge in [-0.05, 0) is 24.3 Å². The Labute approximate surface area is 136 Å². The molecule has 1 aromatic carbocycles. The van der Waals surface area contributed by atoms with Crippen molar-refractivity contribution < 1.29 is 24.4 Å². The number of nitrogens with zero attached hydrogens (tertiary/aromatic N) is 3. The average molecular weight is 331 g/mol. The lowest BCUT2D eigenvalue weighted by Crippen LogP contribution is -2.33. The van der Waals surface area contributed by atoms with Crippen LogP contribution in [0.5, 0.6) is 11.6 Å². The van der Waals surface area contributed by atoms with Crippen LogP contribution < -0.4 is 9.64 Å². The summed E-state index contributed by atoms with van der Waals surface area (Å²) in [6.07, 6.45) is 1.08. The fourth-order valence-electron chi connectivity index (χ4n) is 1.88. The van der Waals surface area contributed by atoms with E-state index in [4.69, 9.17) is 9.84 Å². The van der Waals surface area contributed by atoms with Gasteiger partial charge in [0, 0.05) is 24.7 Å². The van der Waals surface area contributed by atoms with Gasteiger partial charge in [-0.15, -0.1) is 0 Å². The smallest absolute Gasteiger partial charge is 0.323 e. The van der Waals surface area contributed by atoms with Crippen molar-refractivity contribution in [2.75, 3.05) is 11.4 Å². The number of aromatic nitrogens is 1. The molecular weight excluding hydrogens is 318 g/mol. The second kappa shape index (κ2) is 7.18. The number of benzene rings is 1. The summed E-state index contributed by atoms with van der Waals surface area (Å²) in [6.45, 7) is 0.827. The van der Waals surface area contributed by atoms with Crippen LogP contribution in [0, 0.1) is 10.1 Å². The summed E-state index contributed by atoms with van der Waals surface area (Å²) in [6, 6.07) is 8.77. The molecule has 9 heteroatoms. The molecule has 1 N–H and O–H groups in total. The minimum absolute atomic E-state index is 0.150. The van der Waals surface area contributed by atoms with Gasteiger partial charge in [0.1, 0.15) is 18.5 Å². The third-order valence-electron chi connectivity index (χ3n) is 2.98. The Hall–Kier alpha value is -3.49. The van der Waals surface area contributed by atoms with Crippen LogP contribution in [0.4, 0.5) is 11.4 Å². The molecule has 1 amide bonds. The highest BCUT2D eigenvalue weighted by Gasteiger charge is 2.15. The predicted octanol–water partition coefficient (Wildman–Crippen LogP) is 2.22. The van der Waals surface area contributed by atoms with Crippen molar-refractivity contribution in [1.29, 1.82) is 0 Å². The summed E-state index contributed by atoms with van der Waals surface area (Å²) < 4.78 is 5.44. The lowest BCUT2D eigenvalue weighted by molar-refractivity contribution is -0.385. The first-order valence-electron chi connectivity index (χ1n) is 6.75. The van der Waals surface area contributed by atoms with Crippen LogP contribution in [0.1, 0.15) is 6.92 Å². The van der Waals surface area contributed by atoms with Gasteiger partial charge in [-0.2, -0.15) is 0 Å². The highest BCUT2D eigenvalue weighted by atomic mass is 16.6.